The summed E-state index contributed by atoms with van der Waals surface area (Å²) in [5.74, 6) is 1.95. The first-order valence-electron chi connectivity index (χ1n) is 8.89. The Morgan fingerprint density at radius 2 is 2.07 bits per heavy atom. The lowest BCUT2D eigenvalue weighted by Crippen LogP contribution is -2.45. The Balaban J connectivity index is 1.99. The van der Waals surface area contributed by atoms with Gasteiger partial charge in [-0.15, -0.1) is 0 Å². The maximum absolute atomic E-state index is 12.5. The predicted octanol–water partition coefficient (Wildman–Crippen LogP) is 2.40. The average molecular weight is 388 g/mol. The van der Waals surface area contributed by atoms with Crippen molar-refractivity contribution in [2.75, 3.05) is 40.4 Å². The number of likely N-dealkylation sites (tertiary alicyclic amines) is 1. The van der Waals surface area contributed by atoms with Crippen molar-refractivity contribution in [3.63, 3.8) is 0 Å². The Morgan fingerprint density at radius 1 is 1.30 bits per heavy atom. The Labute approximate surface area is 157 Å². The molecular formula is C18H27F3N4O2. The number of nitrogens with one attached hydrogen (secondary N) is 2. The van der Waals surface area contributed by atoms with Gasteiger partial charge in [0.2, 0.25) is 0 Å². The lowest BCUT2D eigenvalue weighted by molar-refractivity contribution is -0.143. The highest BCUT2D eigenvalue weighted by atomic mass is 19.4. The van der Waals surface area contributed by atoms with E-state index in [0.29, 0.717) is 50.1 Å². The van der Waals surface area contributed by atoms with Gasteiger partial charge in [-0.2, -0.15) is 13.2 Å². The van der Waals surface area contributed by atoms with Gasteiger partial charge < -0.3 is 20.1 Å². The maximum atomic E-state index is 12.5. The first-order valence-corrected chi connectivity index (χ1v) is 8.89. The summed E-state index contributed by atoms with van der Waals surface area (Å²) >= 11 is 0. The van der Waals surface area contributed by atoms with Crippen LogP contribution in [0.15, 0.2) is 23.2 Å². The summed E-state index contributed by atoms with van der Waals surface area (Å²) < 4.78 is 48.2. The molecule has 0 saturated carbocycles. The number of guanidine groups is 1. The van der Waals surface area contributed by atoms with E-state index in [1.807, 2.05) is 19.1 Å². The summed E-state index contributed by atoms with van der Waals surface area (Å²) in [4.78, 5) is 5.95. The molecule has 152 valence electrons. The summed E-state index contributed by atoms with van der Waals surface area (Å²) in [6.07, 6.45) is -3.52. The van der Waals surface area contributed by atoms with Gasteiger partial charge in [-0.1, -0.05) is 0 Å². The number of hydrogen-bond donors (Lipinski definition) is 2. The zero-order valence-electron chi connectivity index (χ0n) is 15.9. The van der Waals surface area contributed by atoms with Crippen LogP contribution < -0.4 is 20.1 Å². The summed E-state index contributed by atoms with van der Waals surface area (Å²) in [5, 5.41) is 6.36. The molecule has 9 heteroatoms. The molecule has 1 aromatic carbocycles. The molecule has 1 aliphatic heterocycles. The quantitative estimate of drug-likeness (QED) is 0.555. The van der Waals surface area contributed by atoms with Crippen molar-refractivity contribution in [3.05, 3.63) is 23.8 Å². The Bertz CT molecular complexity index is 638. The zero-order chi connectivity index (χ0) is 19.9. The second-order valence-corrected chi connectivity index (χ2v) is 6.35. The second kappa shape index (κ2) is 9.68. The summed E-state index contributed by atoms with van der Waals surface area (Å²) in [6, 6.07) is 5.44. The highest BCUT2D eigenvalue weighted by Crippen LogP contribution is 2.25. The molecule has 0 aliphatic carbocycles. The molecule has 0 aromatic heterocycles. The number of benzene rings is 1. The van der Waals surface area contributed by atoms with Crippen molar-refractivity contribution < 1.29 is 22.6 Å². The van der Waals surface area contributed by atoms with Crippen LogP contribution in [0.3, 0.4) is 0 Å². The van der Waals surface area contributed by atoms with E-state index in [2.05, 4.69) is 15.6 Å². The van der Waals surface area contributed by atoms with Crippen LogP contribution in [0.2, 0.25) is 0 Å². The van der Waals surface area contributed by atoms with Crippen molar-refractivity contribution in [3.8, 4) is 11.5 Å². The van der Waals surface area contributed by atoms with Gasteiger partial charge in [-0.3, -0.25) is 4.90 Å². The van der Waals surface area contributed by atoms with Gasteiger partial charge in [0, 0.05) is 37.3 Å². The molecule has 0 bridgehead atoms. The fourth-order valence-corrected chi connectivity index (χ4v) is 3.01. The summed E-state index contributed by atoms with van der Waals surface area (Å²) in [5.41, 5.74) is 0.889. The van der Waals surface area contributed by atoms with Gasteiger partial charge in [0.1, 0.15) is 11.5 Å². The van der Waals surface area contributed by atoms with Crippen LogP contribution in [-0.2, 0) is 6.54 Å². The topological polar surface area (TPSA) is 58.1 Å². The molecule has 0 radical (unpaired) electrons. The molecule has 0 amide bonds. The third-order valence-corrected chi connectivity index (χ3v) is 4.26. The normalized spacial score (nSPS) is 18.4. The molecule has 27 heavy (non-hydrogen) atoms. The van der Waals surface area contributed by atoms with Gasteiger partial charge in [0.15, 0.2) is 5.96 Å². The molecule has 1 aromatic rings. The van der Waals surface area contributed by atoms with E-state index in [4.69, 9.17) is 9.47 Å². The largest absolute Gasteiger partial charge is 0.497 e. The molecule has 1 atom stereocenters. The molecule has 2 N–H and O–H groups in total. The first-order chi connectivity index (χ1) is 12.8. The SMILES string of the molecule is CCNC(=NCc1ccc(OC)cc1OC)NC1CCN(CC(F)(F)F)C1. The first kappa shape index (κ1) is 21.1. The third kappa shape index (κ3) is 6.82. The molecule has 1 saturated heterocycles. The van der Waals surface area contributed by atoms with E-state index in [1.54, 1.807) is 20.3 Å². The Kier molecular flexibility index (Phi) is 7.58. The molecule has 1 heterocycles. The van der Waals surface area contributed by atoms with Crippen molar-refractivity contribution in [1.29, 1.82) is 0 Å². The van der Waals surface area contributed by atoms with Crippen molar-refractivity contribution >= 4 is 5.96 Å². The van der Waals surface area contributed by atoms with Crippen LogP contribution in [0.1, 0.15) is 18.9 Å². The fraction of sp³-hybridized carbons (Fsp3) is 0.611. The van der Waals surface area contributed by atoms with E-state index in [-0.39, 0.29) is 6.04 Å². The van der Waals surface area contributed by atoms with Crippen LogP contribution in [0, 0.1) is 0 Å². The van der Waals surface area contributed by atoms with Crippen LogP contribution in [-0.4, -0.2) is 63.5 Å². The van der Waals surface area contributed by atoms with E-state index in [9.17, 15) is 13.2 Å². The van der Waals surface area contributed by atoms with E-state index >= 15 is 0 Å². The van der Waals surface area contributed by atoms with Crippen molar-refractivity contribution in [1.82, 2.24) is 15.5 Å². The standard InChI is InChI=1S/C18H27F3N4O2/c1-4-22-17(24-14-7-8-25(11-14)12-18(19,20)21)23-10-13-5-6-15(26-2)9-16(13)27-3/h5-6,9,14H,4,7-8,10-12H2,1-3H3,(H2,22,23,24). The highest BCUT2D eigenvalue weighted by Gasteiger charge is 2.34. The second-order valence-electron chi connectivity index (χ2n) is 6.35. The van der Waals surface area contributed by atoms with Crippen molar-refractivity contribution in [2.45, 2.75) is 32.1 Å². The van der Waals surface area contributed by atoms with Crippen LogP contribution in [0.25, 0.3) is 0 Å². The van der Waals surface area contributed by atoms with Crippen LogP contribution >= 0.6 is 0 Å². The van der Waals surface area contributed by atoms with E-state index in [0.717, 1.165) is 5.56 Å². The molecule has 1 unspecified atom stereocenters. The number of rotatable bonds is 7. The van der Waals surface area contributed by atoms with Gasteiger partial charge in [0.05, 0.1) is 27.3 Å². The van der Waals surface area contributed by atoms with Gasteiger partial charge in [-0.25, -0.2) is 4.99 Å². The molecule has 6 nitrogen and oxygen atoms in total. The third-order valence-electron chi connectivity index (χ3n) is 4.26. The molecular weight excluding hydrogens is 361 g/mol. The van der Waals surface area contributed by atoms with Gasteiger partial charge in [0.25, 0.3) is 0 Å². The number of methoxy groups -OCH3 is 2. The Morgan fingerprint density at radius 3 is 2.70 bits per heavy atom. The van der Waals surface area contributed by atoms with Crippen molar-refractivity contribution in [2.24, 2.45) is 4.99 Å². The van der Waals surface area contributed by atoms with Gasteiger partial charge >= 0.3 is 6.18 Å². The number of alkyl halides is 3. The molecule has 2 rings (SSSR count). The highest BCUT2D eigenvalue weighted by molar-refractivity contribution is 5.80. The monoisotopic (exact) mass is 388 g/mol. The van der Waals surface area contributed by atoms with Crippen LogP contribution in [0.5, 0.6) is 11.5 Å². The number of aliphatic imine (C=N–C) groups is 1. The number of ether oxygens (including phenoxy) is 2. The number of hydrogen-bond acceptors (Lipinski definition) is 4. The smallest absolute Gasteiger partial charge is 0.401 e. The average Bonchev–Trinajstić information content (AvgIpc) is 3.04. The lowest BCUT2D eigenvalue weighted by Gasteiger charge is -2.20. The summed E-state index contributed by atoms with van der Waals surface area (Å²) in [7, 11) is 3.17. The minimum atomic E-state index is -4.17. The fourth-order valence-electron chi connectivity index (χ4n) is 3.01. The van der Waals surface area contributed by atoms with E-state index in [1.165, 1.54) is 4.90 Å². The molecule has 1 aliphatic rings. The van der Waals surface area contributed by atoms with Crippen LogP contribution in [0.4, 0.5) is 13.2 Å². The van der Waals surface area contributed by atoms with Gasteiger partial charge in [-0.05, 0) is 25.5 Å². The minimum Gasteiger partial charge on any atom is -0.497 e. The minimum absolute atomic E-state index is 0.0667. The molecule has 0 spiro atoms. The molecule has 1 fully saturated rings. The van der Waals surface area contributed by atoms with E-state index < -0.39 is 12.7 Å². The number of nitrogens with zero attached hydrogens (tertiary/aromatic N) is 2. The zero-order valence-corrected chi connectivity index (χ0v) is 15.9. The predicted molar refractivity (Wildman–Crippen MR) is 98.4 cm³/mol. The Hall–Kier alpha value is -2.16. The number of halogens is 3. The summed E-state index contributed by atoms with van der Waals surface area (Å²) in [6.45, 7) is 2.86. The maximum Gasteiger partial charge on any atom is 0.401 e. The lowest BCUT2D eigenvalue weighted by atomic mass is 10.2.